The molecule has 0 N–H and O–H groups in total. The van der Waals surface area contributed by atoms with Gasteiger partial charge in [0.1, 0.15) is 18.1 Å². The maximum Gasteiger partial charge on any atom is 0.212 e. The predicted octanol–water partition coefficient (Wildman–Crippen LogP) is 3.68. The Labute approximate surface area is 226 Å². The number of fused-ring (bicyclic) bond motifs is 3. The van der Waals surface area contributed by atoms with E-state index < -0.39 is 6.17 Å². The number of aromatic nitrogens is 4. The van der Waals surface area contributed by atoms with Crippen molar-refractivity contribution in [2.24, 2.45) is 0 Å². The van der Waals surface area contributed by atoms with Gasteiger partial charge in [-0.2, -0.15) is 10.4 Å². The number of ether oxygens (including phenoxy) is 1. The van der Waals surface area contributed by atoms with Gasteiger partial charge in [0.05, 0.1) is 36.3 Å². The predicted molar refractivity (Wildman–Crippen MR) is 146 cm³/mol. The number of pyridine rings is 3. The molecule has 4 aromatic heterocycles. The van der Waals surface area contributed by atoms with E-state index in [0.717, 1.165) is 47.8 Å². The Morgan fingerprint density at radius 2 is 1.92 bits per heavy atom. The third-order valence-corrected chi connectivity index (χ3v) is 8.31. The van der Waals surface area contributed by atoms with Crippen LogP contribution in [-0.4, -0.2) is 76.0 Å². The van der Waals surface area contributed by atoms with Gasteiger partial charge in [-0.1, -0.05) is 6.07 Å². The molecule has 0 amide bonds. The molecule has 3 unspecified atom stereocenters. The van der Waals surface area contributed by atoms with Crippen LogP contribution in [-0.2, 0) is 6.54 Å². The Kier molecular flexibility index (Phi) is 5.81. The van der Waals surface area contributed by atoms with Crippen LogP contribution in [0, 0.1) is 11.3 Å². The molecular weight excluding hydrogens is 495 g/mol. The fourth-order valence-electron chi connectivity index (χ4n) is 6.24. The molecule has 10 heteroatoms. The Balaban J connectivity index is 1.10. The van der Waals surface area contributed by atoms with Crippen LogP contribution in [0.15, 0.2) is 55.1 Å². The molecule has 0 saturated carbocycles. The maximum atomic E-state index is 13.9. The van der Waals surface area contributed by atoms with Crippen LogP contribution in [0.1, 0.15) is 24.0 Å². The van der Waals surface area contributed by atoms with E-state index in [-0.39, 0.29) is 0 Å². The van der Waals surface area contributed by atoms with Crippen molar-refractivity contribution in [1.82, 2.24) is 24.5 Å². The lowest BCUT2D eigenvalue weighted by atomic mass is 9.87. The van der Waals surface area contributed by atoms with Gasteiger partial charge >= 0.3 is 0 Å². The SMILES string of the molecule is COc1ccc(CN2C3CC2CN(c2ccc(-c4cc(N5CCC(F)C5)cn5ncc(C#N)c45)cn2)C3)cn1. The van der Waals surface area contributed by atoms with E-state index in [1.807, 2.05) is 35.6 Å². The molecule has 0 spiro atoms. The largest absolute Gasteiger partial charge is 0.481 e. The van der Waals surface area contributed by atoms with Gasteiger partial charge in [-0.3, -0.25) is 4.90 Å². The standard InChI is InChI=1S/C29H29FN8O/c1-39-28-5-2-19(11-33-28)14-37-24-8-25(37)17-36(16-24)27-4-3-20(12-32-27)26-9-23(35-7-6-22(30)15-35)18-38-29(26)21(10-31)13-34-38/h2-5,9,11-13,18,22,24-25H,6-8,14-17H2,1H3. The van der Waals surface area contributed by atoms with Crippen molar-refractivity contribution < 1.29 is 9.13 Å². The number of halogens is 1. The second kappa shape index (κ2) is 9.50. The summed E-state index contributed by atoms with van der Waals surface area (Å²) in [5.74, 6) is 1.59. The van der Waals surface area contributed by atoms with E-state index in [0.29, 0.717) is 43.0 Å². The monoisotopic (exact) mass is 524 g/mol. The zero-order chi connectivity index (χ0) is 26.5. The number of methoxy groups -OCH3 is 1. The molecule has 3 atom stereocenters. The molecule has 39 heavy (non-hydrogen) atoms. The van der Waals surface area contributed by atoms with Crippen molar-refractivity contribution in [2.75, 3.05) is 43.1 Å². The summed E-state index contributed by atoms with van der Waals surface area (Å²) < 4.78 is 20.8. The molecule has 8 rings (SSSR count). The number of nitriles is 1. The van der Waals surface area contributed by atoms with E-state index in [9.17, 15) is 9.65 Å². The first kappa shape index (κ1) is 23.9. The molecule has 4 fully saturated rings. The van der Waals surface area contributed by atoms with Crippen molar-refractivity contribution >= 4 is 17.0 Å². The van der Waals surface area contributed by atoms with E-state index in [1.54, 1.807) is 17.8 Å². The van der Waals surface area contributed by atoms with Gasteiger partial charge in [-0.25, -0.2) is 18.9 Å². The molecule has 4 aliphatic heterocycles. The minimum absolute atomic E-state index is 0.373. The number of hydrogen-bond donors (Lipinski definition) is 0. The van der Waals surface area contributed by atoms with Gasteiger partial charge in [0, 0.05) is 74.4 Å². The fourth-order valence-corrected chi connectivity index (χ4v) is 6.24. The first-order valence-corrected chi connectivity index (χ1v) is 13.4. The first-order chi connectivity index (χ1) is 19.1. The second-order valence-electron chi connectivity index (χ2n) is 10.6. The number of anilines is 2. The zero-order valence-electron chi connectivity index (χ0n) is 21.7. The molecule has 4 aromatic rings. The minimum Gasteiger partial charge on any atom is -0.481 e. The topological polar surface area (TPSA) is 85.8 Å². The molecule has 0 aliphatic carbocycles. The van der Waals surface area contributed by atoms with Crippen LogP contribution in [0.2, 0.25) is 0 Å². The summed E-state index contributed by atoms with van der Waals surface area (Å²) in [7, 11) is 1.63. The second-order valence-corrected chi connectivity index (χ2v) is 10.6. The average molecular weight is 525 g/mol. The molecule has 9 nitrogen and oxygen atoms in total. The molecule has 4 saturated heterocycles. The number of hydrogen-bond acceptors (Lipinski definition) is 8. The highest BCUT2D eigenvalue weighted by molar-refractivity contribution is 5.86. The number of nitrogens with zero attached hydrogens (tertiary/aromatic N) is 8. The number of piperidine rings is 1. The third-order valence-electron chi connectivity index (χ3n) is 8.31. The Bertz CT molecular complexity index is 1530. The number of rotatable bonds is 6. The van der Waals surface area contributed by atoms with E-state index >= 15 is 0 Å². The van der Waals surface area contributed by atoms with Gasteiger partial charge in [0.2, 0.25) is 5.88 Å². The van der Waals surface area contributed by atoms with Crippen molar-refractivity contribution in [1.29, 1.82) is 5.26 Å². The smallest absolute Gasteiger partial charge is 0.212 e. The Morgan fingerprint density at radius 3 is 2.59 bits per heavy atom. The lowest BCUT2D eigenvalue weighted by Gasteiger charge is -2.56. The normalized spacial score (nSPS) is 22.6. The summed E-state index contributed by atoms with van der Waals surface area (Å²) in [6.07, 6.45) is 8.15. The van der Waals surface area contributed by atoms with Crippen LogP contribution in [0.25, 0.3) is 16.6 Å². The highest BCUT2D eigenvalue weighted by atomic mass is 19.1. The van der Waals surface area contributed by atoms with E-state index in [2.05, 4.69) is 44.2 Å². The molecule has 0 aromatic carbocycles. The molecular formula is C29H29FN8O. The lowest BCUT2D eigenvalue weighted by Crippen LogP contribution is -2.68. The van der Waals surface area contributed by atoms with Crippen LogP contribution < -0.4 is 14.5 Å². The molecule has 0 radical (unpaired) electrons. The molecule has 198 valence electrons. The summed E-state index contributed by atoms with van der Waals surface area (Å²) >= 11 is 0. The highest BCUT2D eigenvalue weighted by Gasteiger charge is 2.44. The Hall–Kier alpha value is -4.23. The van der Waals surface area contributed by atoms with Crippen molar-refractivity contribution in [3.8, 4) is 23.1 Å². The van der Waals surface area contributed by atoms with Crippen LogP contribution >= 0.6 is 0 Å². The van der Waals surface area contributed by atoms with Crippen LogP contribution in [0.4, 0.5) is 15.9 Å². The molecule has 2 bridgehead atoms. The van der Waals surface area contributed by atoms with Gasteiger partial charge in [0.15, 0.2) is 0 Å². The van der Waals surface area contributed by atoms with Gasteiger partial charge < -0.3 is 14.5 Å². The van der Waals surface area contributed by atoms with Gasteiger partial charge in [-0.05, 0) is 36.6 Å². The summed E-state index contributed by atoms with van der Waals surface area (Å²) in [5, 5.41) is 14.1. The highest BCUT2D eigenvalue weighted by Crippen LogP contribution is 2.37. The van der Waals surface area contributed by atoms with E-state index in [1.165, 1.54) is 12.0 Å². The molecule has 8 heterocycles. The van der Waals surface area contributed by atoms with E-state index in [4.69, 9.17) is 9.72 Å². The average Bonchev–Trinajstić information content (AvgIpc) is 3.62. The van der Waals surface area contributed by atoms with Crippen LogP contribution in [0.5, 0.6) is 5.88 Å². The van der Waals surface area contributed by atoms with Gasteiger partial charge in [-0.15, -0.1) is 0 Å². The quantitative estimate of drug-likeness (QED) is 0.378. The summed E-state index contributed by atoms with van der Waals surface area (Å²) in [6.45, 7) is 3.81. The number of alkyl halides is 1. The fraction of sp³-hybridized carbons (Fsp3) is 0.379. The van der Waals surface area contributed by atoms with Crippen molar-refractivity contribution in [2.45, 2.75) is 37.6 Å². The minimum atomic E-state index is -0.822. The molecule has 4 aliphatic rings. The summed E-state index contributed by atoms with van der Waals surface area (Å²) in [5.41, 5.74) is 5.14. The van der Waals surface area contributed by atoms with Crippen molar-refractivity contribution in [3.05, 3.63) is 66.2 Å². The lowest BCUT2D eigenvalue weighted by molar-refractivity contribution is -0.00876. The Morgan fingerprint density at radius 1 is 1.05 bits per heavy atom. The zero-order valence-corrected chi connectivity index (χ0v) is 21.7. The maximum absolute atomic E-state index is 13.9. The van der Waals surface area contributed by atoms with Gasteiger partial charge in [0.25, 0.3) is 0 Å². The third kappa shape index (κ3) is 4.23. The summed E-state index contributed by atoms with van der Waals surface area (Å²) in [6, 6.07) is 13.4. The van der Waals surface area contributed by atoms with Crippen molar-refractivity contribution in [3.63, 3.8) is 0 Å². The number of piperazine rings is 1. The van der Waals surface area contributed by atoms with Crippen LogP contribution in [0.3, 0.4) is 0 Å². The summed E-state index contributed by atoms with van der Waals surface area (Å²) in [4.78, 5) is 16.1. The first-order valence-electron chi connectivity index (χ1n) is 13.4.